The summed E-state index contributed by atoms with van der Waals surface area (Å²) in [6.07, 6.45) is 1.94. The lowest BCUT2D eigenvalue weighted by Gasteiger charge is -2.08. The highest BCUT2D eigenvalue weighted by Crippen LogP contribution is 2.24. The van der Waals surface area contributed by atoms with Crippen LogP contribution in [0.25, 0.3) is 0 Å². The fourth-order valence-corrected chi connectivity index (χ4v) is 2.44. The van der Waals surface area contributed by atoms with Gasteiger partial charge in [-0.15, -0.1) is 11.8 Å². The molecule has 2 aromatic rings. The van der Waals surface area contributed by atoms with Crippen molar-refractivity contribution in [3.63, 3.8) is 0 Å². The number of amides is 1. The van der Waals surface area contributed by atoms with Crippen molar-refractivity contribution in [2.75, 3.05) is 11.6 Å². The van der Waals surface area contributed by atoms with Crippen LogP contribution < -0.4 is 5.32 Å². The number of Topliss-reactive ketones (excluding diaryl/α,β-unsaturated/α-hetero) is 1. The van der Waals surface area contributed by atoms with E-state index in [2.05, 4.69) is 5.32 Å². The molecule has 0 aliphatic heterocycles. The van der Waals surface area contributed by atoms with Crippen LogP contribution in [0.5, 0.6) is 0 Å². The van der Waals surface area contributed by atoms with Gasteiger partial charge in [-0.25, -0.2) is 0 Å². The van der Waals surface area contributed by atoms with E-state index >= 15 is 0 Å². The van der Waals surface area contributed by atoms with Crippen molar-refractivity contribution in [3.8, 4) is 0 Å². The smallest absolute Gasteiger partial charge is 0.257 e. The van der Waals surface area contributed by atoms with E-state index < -0.39 is 0 Å². The molecule has 0 aliphatic carbocycles. The molecule has 5 heteroatoms. The van der Waals surface area contributed by atoms with Crippen molar-refractivity contribution in [2.24, 2.45) is 0 Å². The fraction of sp³-hybridized carbons (Fsp3) is 0.125. The van der Waals surface area contributed by atoms with E-state index in [-0.39, 0.29) is 11.7 Å². The topological polar surface area (TPSA) is 46.2 Å². The maximum absolute atomic E-state index is 12.3. The van der Waals surface area contributed by atoms with E-state index in [0.717, 1.165) is 4.90 Å². The number of hydrogen-bond acceptors (Lipinski definition) is 3. The minimum atomic E-state index is -0.272. The molecule has 108 valence electrons. The first kappa shape index (κ1) is 15.6. The number of nitrogens with one attached hydrogen (secondary N) is 1. The summed E-state index contributed by atoms with van der Waals surface area (Å²) in [5.74, 6) is -0.282. The van der Waals surface area contributed by atoms with Crippen LogP contribution in [0.3, 0.4) is 0 Å². The number of benzene rings is 2. The second kappa shape index (κ2) is 6.78. The molecule has 1 N–H and O–H groups in total. The summed E-state index contributed by atoms with van der Waals surface area (Å²) >= 11 is 7.61. The van der Waals surface area contributed by atoms with Gasteiger partial charge in [0, 0.05) is 16.1 Å². The van der Waals surface area contributed by atoms with E-state index in [1.807, 2.05) is 12.3 Å². The third-order valence-corrected chi connectivity index (χ3v) is 4.02. The summed E-state index contributed by atoms with van der Waals surface area (Å²) in [7, 11) is 0. The quantitative estimate of drug-likeness (QED) is 0.666. The van der Waals surface area contributed by atoms with Crippen molar-refractivity contribution < 1.29 is 9.59 Å². The molecular formula is C16H14ClNO2S. The summed E-state index contributed by atoms with van der Waals surface area (Å²) in [4.78, 5) is 24.4. The normalized spacial score (nSPS) is 10.2. The molecule has 0 heterocycles. The van der Waals surface area contributed by atoms with Gasteiger partial charge in [0.1, 0.15) is 0 Å². The Bertz CT molecular complexity index is 683. The molecule has 0 radical (unpaired) electrons. The number of carbonyl (C=O) groups is 2. The van der Waals surface area contributed by atoms with Gasteiger partial charge in [0.05, 0.1) is 10.6 Å². The highest BCUT2D eigenvalue weighted by atomic mass is 35.5. The molecule has 0 aliphatic rings. The molecule has 0 saturated heterocycles. The third kappa shape index (κ3) is 3.86. The van der Waals surface area contributed by atoms with E-state index in [1.165, 1.54) is 6.92 Å². The standard InChI is InChI=1S/C16H14ClNO2S/c1-10(19)11-3-5-12(6-4-11)18-16(20)14-9-13(21-2)7-8-15(14)17/h3-9H,1-2H3,(H,18,20). The summed E-state index contributed by atoms with van der Waals surface area (Å²) in [6.45, 7) is 1.50. The van der Waals surface area contributed by atoms with Crippen molar-refractivity contribution in [1.29, 1.82) is 0 Å². The molecule has 0 spiro atoms. The Hall–Kier alpha value is -1.78. The molecule has 2 aromatic carbocycles. The summed E-state index contributed by atoms with van der Waals surface area (Å²) in [6, 6.07) is 12.1. The van der Waals surface area contributed by atoms with Crippen LogP contribution in [-0.4, -0.2) is 17.9 Å². The first-order valence-corrected chi connectivity index (χ1v) is 7.87. The second-order valence-electron chi connectivity index (χ2n) is 4.43. The van der Waals surface area contributed by atoms with Gasteiger partial charge in [-0.3, -0.25) is 9.59 Å². The van der Waals surface area contributed by atoms with Gasteiger partial charge in [-0.2, -0.15) is 0 Å². The SMILES string of the molecule is CSc1ccc(Cl)c(C(=O)Nc2ccc(C(C)=O)cc2)c1. The number of hydrogen-bond donors (Lipinski definition) is 1. The minimum Gasteiger partial charge on any atom is -0.322 e. The predicted molar refractivity (Wildman–Crippen MR) is 87.6 cm³/mol. The number of rotatable bonds is 4. The fourth-order valence-electron chi connectivity index (χ4n) is 1.79. The van der Waals surface area contributed by atoms with E-state index in [9.17, 15) is 9.59 Å². The predicted octanol–water partition coefficient (Wildman–Crippen LogP) is 4.52. The number of halogens is 1. The molecule has 0 saturated carbocycles. The van der Waals surface area contributed by atoms with Crippen molar-refractivity contribution in [2.45, 2.75) is 11.8 Å². The van der Waals surface area contributed by atoms with Crippen LogP contribution in [-0.2, 0) is 0 Å². The lowest BCUT2D eigenvalue weighted by atomic mass is 10.1. The first-order valence-electron chi connectivity index (χ1n) is 6.27. The largest absolute Gasteiger partial charge is 0.322 e. The van der Waals surface area contributed by atoms with Gasteiger partial charge in [-0.05, 0) is 55.6 Å². The minimum absolute atomic E-state index is 0.0106. The van der Waals surface area contributed by atoms with Gasteiger partial charge in [-0.1, -0.05) is 11.6 Å². The number of thioether (sulfide) groups is 1. The van der Waals surface area contributed by atoms with E-state index in [0.29, 0.717) is 21.8 Å². The maximum Gasteiger partial charge on any atom is 0.257 e. The maximum atomic E-state index is 12.3. The highest BCUT2D eigenvalue weighted by Gasteiger charge is 2.11. The van der Waals surface area contributed by atoms with Gasteiger partial charge in [0.25, 0.3) is 5.91 Å². The third-order valence-electron chi connectivity index (χ3n) is 2.97. The average Bonchev–Trinajstić information content (AvgIpc) is 2.48. The van der Waals surface area contributed by atoms with Crippen LogP contribution >= 0.6 is 23.4 Å². The van der Waals surface area contributed by atoms with Gasteiger partial charge in [0.2, 0.25) is 0 Å². The molecule has 3 nitrogen and oxygen atoms in total. The molecule has 2 rings (SSSR count). The van der Waals surface area contributed by atoms with Crippen LogP contribution in [0.2, 0.25) is 5.02 Å². The van der Waals surface area contributed by atoms with Crippen LogP contribution in [0.4, 0.5) is 5.69 Å². The van der Waals surface area contributed by atoms with Crippen LogP contribution in [0.1, 0.15) is 27.6 Å². The average molecular weight is 320 g/mol. The molecular weight excluding hydrogens is 306 g/mol. The Balaban J connectivity index is 2.19. The Labute approximate surface area is 132 Å². The lowest BCUT2D eigenvalue weighted by Crippen LogP contribution is -2.12. The van der Waals surface area contributed by atoms with Crippen molar-refractivity contribution in [3.05, 3.63) is 58.6 Å². The molecule has 0 atom stereocenters. The van der Waals surface area contributed by atoms with Gasteiger partial charge >= 0.3 is 0 Å². The van der Waals surface area contributed by atoms with Crippen molar-refractivity contribution in [1.82, 2.24) is 0 Å². The molecule has 0 unspecified atom stereocenters. The lowest BCUT2D eigenvalue weighted by molar-refractivity contribution is 0.101. The van der Waals surface area contributed by atoms with E-state index in [1.54, 1.807) is 48.2 Å². The zero-order valence-electron chi connectivity index (χ0n) is 11.6. The zero-order chi connectivity index (χ0) is 15.4. The van der Waals surface area contributed by atoms with E-state index in [4.69, 9.17) is 11.6 Å². The monoisotopic (exact) mass is 319 g/mol. The van der Waals surface area contributed by atoms with Crippen LogP contribution in [0.15, 0.2) is 47.4 Å². The zero-order valence-corrected chi connectivity index (χ0v) is 13.2. The number of carbonyl (C=O) groups excluding carboxylic acids is 2. The second-order valence-corrected chi connectivity index (χ2v) is 5.72. The summed E-state index contributed by atoms with van der Waals surface area (Å²) < 4.78 is 0. The molecule has 0 bridgehead atoms. The molecule has 1 amide bonds. The first-order chi connectivity index (χ1) is 10.0. The van der Waals surface area contributed by atoms with Gasteiger partial charge < -0.3 is 5.32 Å². The highest BCUT2D eigenvalue weighted by molar-refractivity contribution is 7.98. The Morgan fingerprint density at radius 1 is 1.10 bits per heavy atom. The van der Waals surface area contributed by atoms with Crippen molar-refractivity contribution >= 4 is 40.7 Å². The van der Waals surface area contributed by atoms with Gasteiger partial charge in [0.15, 0.2) is 5.78 Å². The molecule has 0 fully saturated rings. The molecule has 21 heavy (non-hydrogen) atoms. The Kier molecular flexibility index (Phi) is 5.04. The molecule has 0 aromatic heterocycles. The number of anilines is 1. The Morgan fingerprint density at radius 2 is 1.76 bits per heavy atom. The Morgan fingerprint density at radius 3 is 2.33 bits per heavy atom. The van der Waals surface area contributed by atoms with Crippen LogP contribution in [0, 0.1) is 0 Å². The summed E-state index contributed by atoms with van der Waals surface area (Å²) in [5.41, 5.74) is 1.66. The summed E-state index contributed by atoms with van der Waals surface area (Å²) in [5, 5.41) is 3.18. The number of ketones is 1.